The third kappa shape index (κ3) is 5.64. The van der Waals surface area contributed by atoms with Crippen LogP contribution in [0, 0.1) is 0 Å². The van der Waals surface area contributed by atoms with Gasteiger partial charge in [-0.05, 0) is 28.7 Å². The van der Waals surface area contributed by atoms with Crippen molar-refractivity contribution in [3.63, 3.8) is 0 Å². The van der Waals surface area contributed by atoms with Gasteiger partial charge in [0.15, 0.2) is 0 Å². The second kappa shape index (κ2) is 10.8. The number of alkyl carbamates (subject to hydrolysis) is 1. The van der Waals surface area contributed by atoms with Crippen LogP contribution in [0.5, 0.6) is 0 Å². The van der Waals surface area contributed by atoms with Crippen LogP contribution in [0.3, 0.4) is 0 Å². The Kier molecular flexibility index (Phi) is 7.83. The number of hydrogen-bond acceptors (Lipinski definition) is 5. The Morgan fingerprint density at radius 3 is 2.19 bits per heavy atom. The van der Waals surface area contributed by atoms with Crippen molar-refractivity contribution in [3.8, 4) is 11.1 Å². The summed E-state index contributed by atoms with van der Waals surface area (Å²) < 4.78 is 5.49. The zero-order valence-electron chi connectivity index (χ0n) is 17.9. The monoisotopic (exact) mass is 440 g/mol. The summed E-state index contributed by atoms with van der Waals surface area (Å²) in [6.07, 6.45) is -1.36. The van der Waals surface area contributed by atoms with Crippen molar-refractivity contribution in [2.75, 3.05) is 13.2 Å². The van der Waals surface area contributed by atoms with E-state index < -0.39 is 36.5 Å². The second-order valence-corrected chi connectivity index (χ2v) is 7.81. The molecular weight excluding hydrogens is 412 g/mol. The van der Waals surface area contributed by atoms with Crippen LogP contribution in [0.25, 0.3) is 11.1 Å². The fourth-order valence-electron chi connectivity index (χ4n) is 3.96. The number of amides is 2. The third-order valence-electron chi connectivity index (χ3n) is 5.45. The Morgan fingerprint density at radius 2 is 1.62 bits per heavy atom. The van der Waals surface area contributed by atoms with E-state index in [9.17, 15) is 19.5 Å². The van der Waals surface area contributed by atoms with Crippen molar-refractivity contribution in [2.45, 2.75) is 44.2 Å². The highest BCUT2D eigenvalue weighted by Crippen LogP contribution is 2.44. The molecule has 2 amide bonds. The molecule has 2 aromatic rings. The third-order valence-corrected chi connectivity index (χ3v) is 5.45. The number of fused-ring (bicyclic) bond motifs is 3. The van der Waals surface area contributed by atoms with Crippen LogP contribution in [0.2, 0.25) is 0 Å². The van der Waals surface area contributed by atoms with Gasteiger partial charge in [-0.15, -0.1) is 0 Å². The van der Waals surface area contributed by atoms with E-state index in [1.807, 2.05) is 43.3 Å². The molecule has 32 heavy (non-hydrogen) atoms. The van der Waals surface area contributed by atoms with Gasteiger partial charge in [-0.2, -0.15) is 0 Å². The zero-order valence-corrected chi connectivity index (χ0v) is 17.9. The summed E-state index contributed by atoms with van der Waals surface area (Å²) in [7, 11) is 0. The molecule has 0 spiro atoms. The normalized spacial score (nSPS) is 14.1. The number of benzene rings is 2. The molecule has 3 rings (SSSR count). The van der Waals surface area contributed by atoms with E-state index in [1.165, 1.54) is 0 Å². The van der Waals surface area contributed by atoms with Crippen molar-refractivity contribution in [3.05, 3.63) is 59.7 Å². The Morgan fingerprint density at radius 1 is 1.03 bits per heavy atom. The molecule has 0 radical (unpaired) electrons. The lowest BCUT2D eigenvalue weighted by Gasteiger charge is -2.20. The van der Waals surface area contributed by atoms with Crippen LogP contribution in [0.1, 0.15) is 43.2 Å². The van der Waals surface area contributed by atoms with Gasteiger partial charge in [0.1, 0.15) is 12.6 Å². The van der Waals surface area contributed by atoms with Gasteiger partial charge < -0.3 is 25.6 Å². The van der Waals surface area contributed by atoms with Crippen LogP contribution >= 0.6 is 0 Å². The molecule has 2 unspecified atom stereocenters. The smallest absolute Gasteiger partial charge is 0.407 e. The molecule has 8 heteroatoms. The van der Waals surface area contributed by atoms with Crippen LogP contribution in [-0.2, 0) is 14.3 Å². The van der Waals surface area contributed by atoms with Crippen LogP contribution in [0.4, 0.5) is 4.79 Å². The van der Waals surface area contributed by atoms with E-state index in [2.05, 4.69) is 22.8 Å². The quantitative estimate of drug-likeness (QED) is 0.450. The van der Waals surface area contributed by atoms with Gasteiger partial charge in [-0.1, -0.05) is 61.9 Å². The summed E-state index contributed by atoms with van der Waals surface area (Å²) in [6.45, 7) is 1.80. The van der Waals surface area contributed by atoms with Crippen molar-refractivity contribution >= 4 is 18.0 Å². The average Bonchev–Trinajstić information content (AvgIpc) is 3.09. The van der Waals surface area contributed by atoms with E-state index in [-0.39, 0.29) is 19.1 Å². The van der Waals surface area contributed by atoms with E-state index in [0.717, 1.165) is 22.3 Å². The van der Waals surface area contributed by atoms with Crippen molar-refractivity contribution in [1.82, 2.24) is 10.6 Å². The van der Waals surface area contributed by atoms with E-state index in [0.29, 0.717) is 12.8 Å². The number of aliphatic hydroxyl groups excluding tert-OH is 1. The lowest BCUT2D eigenvalue weighted by Crippen LogP contribution is -2.48. The number of carboxylic acid groups (broad SMARTS) is 1. The number of carbonyl (C=O) groups is 3. The minimum Gasteiger partial charge on any atom is -0.481 e. The van der Waals surface area contributed by atoms with Gasteiger partial charge in [0.05, 0.1) is 12.5 Å². The molecule has 2 atom stereocenters. The summed E-state index contributed by atoms with van der Waals surface area (Å²) in [5, 5.41) is 23.4. The highest BCUT2D eigenvalue weighted by Gasteiger charge is 2.29. The topological polar surface area (TPSA) is 125 Å². The lowest BCUT2D eigenvalue weighted by molar-refractivity contribution is -0.139. The highest BCUT2D eigenvalue weighted by molar-refractivity contribution is 5.85. The largest absolute Gasteiger partial charge is 0.481 e. The van der Waals surface area contributed by atoms with Crippen LogP contribution < -0.4 is 10.6 Å². The summed E-state index contributed by atoms with van der Waals surface area (Å²) >= 11 is 0. The molecule has 2 aromatic carbocycles. The summed E-state index contributed by atoms with van der Waals surface area (Å²) in [4.78, 5) is 35.5. The SMILES string of the molecule is CCCC(NC(=O)OCC1c2ccccc2-c2ccccc21)C(=O)NCC(O)CC(=O)O. The standard InChI is InChI=1S/C24H28N2O6/c1-2-7-21(23(30)25-13-15(27)12-22(28)29)26-24(31)32-14-20-18-10-5-3-8-16(18)17-9-4-6-11-19(17)20/h3-6,8-11,15,20-21,27H,2,7,12-14H2,1H3,(H,25,30)(H,26,31)(H,28,29). The molecule has 0 aliphatic heterocycles. The molecule has 0 aromatic heterocycles. The fourth-order valence-corrected chi connectivity index (χ4v) is 3.96. The molecule has 0 bridgehead atoms. The summed E-state index contributed by atoms with van der Waals surface area (Å²) in [5.74, 6) is -1.74. The van der Waals surface area contributed by atoms with Gasteiger partial charge in [0.2, 0.25) is 5.91 Å². The molecule has 0 saturated heterocycles. The predicted molar refractivity (Wildman–Crippen MR) is 118 cm³/mol. The lowest BCUT2D eigenvalue weighted by atomic mass is 9.98. The Labute approximate surface area is 186 Å². The van der Waals surface area contributed by atoms with Crippen molar-refractivity contribution in [2.24, 2.45) is 0 Å². The maximum absolute atomic E-state index is 12.5. The van der Waals surface area contributed by atoms with Crippen molar-refractivity contribution < 1.29 is 29.3 Å². The molecule has 170 valence electrons. The maximum atomic E-state index is 12.5. The molecule has 0 heterocycles. The zero-order chi connectivity index (χ0) is 23.1. The number of ether oxygens (including phenoxy) is 1. The number of aliphatic hydroxyl groups is 1. The molecule has 1 aliphatic carbocycles. The summed E-state index contributed by atoms with van der Waals surface area (Å²) in [6, 6.07) is 15.2. The van der Waals surface area contributed by atoms with Gasteiger partial charge in [0.25, 0.3) is 0 Å². The molecule has 0 fully saturated rings. The Bertz CT molecular complexity index is 931. The van der Waals surface area contributed by atoms with Gasteiger partial charge >= 0.3 is 12.1 Å². The van der Waals surface area contributed by atoms with Gasteiger partial charge in [-0.25, -0.2) is 4.79 Å². The minimum atomic E-state index is -1.20. The number of nitrogens with one attached hydrogen (secondary N) is 2. The summed E-state index contributed by atoms with van der Waals surface area (Å²) in [5.41, 5.74) is 4.44. The molecule has 0 saturated carbocycles. The first-order chi connectivity index (χ1) is 15.4. The first-order valence-electron chi connectivity index (χ1n) is 10.7. The van der Waals surface area contributed by atoms with Crippen LogP contribution in [0.15, 0.2) is 48.5 Å². The first kappa shape index (κ1) is 23.3. The van der Waals surface area contributed by atoms with Gasteiger partial charge in [-0.3, -0.25) is 9.59 Å². The molecule has 8 nitrogen and oxygen atoms in total. The number of hydrogen-bond donors (Lipinski definition) is 4. The molecular formula is C24H28N2O6. The Hall–Kier alpha value is -3.39. The molecule has 1 aliphatic rings. The maximum Gasteiger partial charge on any atom is 0.407 e. The van der Waals surface area contributed by atoms with Crippen LogP contribution in [-0.4, -0.2) is 53.5 Å². The number of rotatable bonds is 10. The fraction of sp³-hybridized carbons (Fsp3) is 0.375. The van der Waals surface area contributed by atoms with Crippen molar-refractivity contribution in [1.29, 1.82) is 0 Å². The second-order valence-electron chi connectivity index (χ2n) is 7.81. The first-order valence-corrected chi connectivity index (χ1v) is 10.7. The van der Waals surface area contributed by atoms with E-state index in [4.69, 9.17) is 9.84 Å². The number of aliphatic carboxylic acids is 1. The highest BCUT2D eigenvalue weighted by atomic mass is 16.5. The molecule has 4 N–H and O–H groups in total. The minimum absolute atomic E-state index is 0.0854. The number of carboxylic acids is 1. The van der Waals surface area contributed by atoms with E-state index in [1.54, 1.807) is 0 Å². The Balaban J connectivity index is 1.58. The van der Waals surface area contributed by atoms with Gasteiger partial charge in [0, 0.05) is 12.5 Å². The number of carbonyl (C=O) groups excluding carboxylic acids is 2. The predicted octanol–water partition coefficient (Wildman–Crippen LogP) is 2.65. The van der Waals surface area contributed by atoms with E-state index >= 15 is 0 Å². The average molecular weight is 440 g/mol.